The first kappa shape index (κ1) is 11.4. The summed E-state index contributed by atoms with van der Waals surface area (Å²) in [6.07, 6.45) is 1.66. The fourth-order valence-electron chi connectivity index (χ4n) is 1.43. The number of guanidine groups is 1. The number of hydrogen-bond acceptors (Lipinski definition) is 2. The lowest BCUT2D eigenvalue weighted by molar-refractivity contribution is 1.26. The van der Waals surface area contributed by atoms with Crippen molar-refractivity contribution in [3.05, 3.63) is 47.6 Å². The third kappa shape index (κ3) is 2.95. The molecule has 0 aliphatic rings. The van der Waals surface area contributed by atoms with Crippen LogP contribution in [0.15, 0.2) is 47.6 Å². The molecule has 17 heavy (non-hydrogen) atoms. The number of nitrogens with zero attached hydrogens (tertiary/aromatic N) is 2. The Morgan fingerprint density at radius 3 is 2.41 bits per heavy atom. The number of halogens is 1. The molecule has 86 valence electrons. The van der Waals surface area contributed by atoms with Crippen LogP contribution < -0.4 is 11.5 Å². The van der Waals surface area contributed by atoms with Gasteiger partial charge in [0.25, 0.3) is 0 Å². The average Bonchev–Trinajstić information content (AvgIpc) is 2.29. The Morgan fingerprint density at radius 2 is 1.76 bits per heavy atom. The summed E-state index contributed by atoms with van der Waals surface area (Å²) in [6.45, 7) is 0. The molecule has 4 N–H and O–H groups in total. The van der Waals surface area contributed by atoms with Crippen LogP contribution in [0.1, 0.15) is 0 Å². The quantitative estimate of drug-likeness (QED) is 0.631. The van der Waals surface area contributed by atoms with Gasteiger partial charge in [-0.25, -0.2) is 4.98 Å². The second kappa shape index (κ2) is 4.84. The van der Waals surface area contributed by atoms with Crippen LogP contribution in [0.2, 0.25) is 5.02 Å². The lowest BCUT2D eigenvalue weighted by Gasteiger charge is -2.02. The molecule has 0 saturated carbocycles. The SMILES string of the molecule is NC(N)=Nc1cc(-c2ccc(Cl)cc2)ccn1. The van der Waals surface area contributed by atoms with Gasteiger partial charge in [-0.1, -0.05) is 23.7 Å². The van der Waals surface area contributed by atoms with Crippen molar-refractivity contribution >= 4 is 23.4 Å². The van der Waals surface area contributed by atoms with Crippen molar-refractivity contribution in [1.29, 1.82) is 0 Å². The fraction of sp³-hybridized carbons (Fsp3) is 0. The van der Waals surface area contributed by atoms with Gasteiger partial charge in [-0.3, -0.25) is 0 Å². The van der Waals surface area contributed by atoms with Gasteiger partial charge in [0, 0.05) is 11.2 Å². The molecule has 0 atom stereocenters. The van der Waals surface area contributed by atoms with E-state index in [2.05, 4.69) is 9.98 Å². The molecule has 0 amide bonds. The smallest absolute Gasteiger partial charge is 0.192 e. The van der Waals surface area contributed by atoms with Crippen LogP contribution in [0, 0.1) is 0 Å². The summed E-state index contributed by atoms with van der Waals surface area (Å²) in [7, 11) is 0. The Balaban J connectivity index is 2.39. The fourth-order valence-corrected chi connectivity index (χ4v) is 1.56. The van der Waals surface area contributed by atoms with Gasteiger partial charge in [-0.05, 0) is 35.4 Å². The maximum absolute atomic E-state index is 5.83. The molecule has 0 unspecified atom stereocenters. The predicted molar refractivity (Wildman–Crippen MR) is 70.2 cm³/mol. The molecule has 1 aromatic heterocycles. The number of nitrogens with two attached hydrogens (primary N) is 2. The van der Waals surface area contributed by atoms with Gasteiger partial charge in [-0.2, -0.15) is 4.99 Å². The van der Waals surface area contributed by atoms with E-state index < -0.39 is 0 Å². The van der Waals surface area contributed by atoms with Gasteiger partial charge < -0.3 is 11.5 Å². The van der Waals surface area contributed by atoms with E-state index in [9.17, 15) is 0 Å². The Kier molecular flexibility index (Phi) is 3.25. The van der Waals surface area contributed by atoms with E-state index >= 15 is 0 Å². The number of rotatable bonds is 2. The van der Waals surface area contributed by atoms with E-state index in [1.165, 1.54) is 0 Å². The number of aromatic nitrogens is 1. The number of hydrogen-bond donors (Lipinski definition) is 2. The van der Waals surface area contributed by atoms with Crippen LogP contribution in [-0.2, 0) is 0 Å². The minimum atomic E-state index is -0.00856. The lowest BCUT2D eigenvalue weighted by Crippen LogP contribution is -2.22. The Morgan fingerprint density at radius 1 is 1.06 bits per heavy atom. The van der Waals surface area contributed by atoms with Crippen LogP contribution in [0.25, 0.3) is 11.1 Å². The molecule has 2 aromatic rings. The first-order valence-corrected chi connectivity index (χ1v) is 5.34. The van der Waals surface area contributed by atoms with E-state index in [1.54, 1.807) is 6.20 Å². The molecule has 0 saturated heterocycles. The number of pyridine rings is 1. The Labute approximate surface area is 104 Å². The summed E-state index contributed by atoms with van der Waals surface area (Å²) in [5, 5.41) is 0.701. The molecule has 1 aromatic carbocycles. The van der Waals surface area contributed by atoms with Crippen molar-refractivity contribution in [2.45, 2.75) is 0 Å². The summed E-state index contributed by atoms with van der Waals surface area (Å²) in [6, 6.07) is 11.2. The van der Waals surface area contributed by atoms with Crippen molar-refractivity contribution in [2.24, 2.45) is 16.5 Å². The molecule has 0 spiro atoms. The van der Waals surface area contributed by atoms with Crippen molar-refractivity contribution in [1.82, 2.24) is 4.98 Å². The van der Waals surface area contributed by atoms with Crippen LogP contribution in [0.4, 0.5) is 5.82 Å². The minimum Gasteiger partial charge on any atom is -0.370 e. The third-order valence-electron chi connectivity index (χ3n) is 2.17. The molecule has 0 bridgehead atoms. The van der Waals surface area contributed by atoms with E-state index in [1.807, 2.05) is 36.4 Å². The second-order valence-electron chi connectivity index (χ2n) is 3.45. The molecule has 0 fully saturated rings. The first-order valence-electron chi connectivity index (χ1n) is 4.97. The molecule has 4 nitrogen and oxygen atoms in total. The van der Waals surface area contributed by atoms with Gasteiger partial charge in [0.15, 0.2) is 11.8 Å². The summed E-state index contributed by atoms with van der Waals surface area (Å²) in [4.78, 5) is 7.95. The summed E-state index contributed by atoms with van der Waals surface area (Å²) < 4.78 is 0. The zero-order chi connectivity index (χ0) is 12.3. The average molecular weight is 247 g/mol. The highest BCUT2D eigenvalue weighted by molar-refractivity contribution is 6.30. The monoisotopic (exact) mass is 246 g/mol. The van der Waals surface area contributed by atoms with E-state index in [0.717, 1.165) is 11.1 Å². The topological polar surface area (TPSA) is 77.3 Å². The Hall–Kier alpha value is -2.07. The highest BCUT2D eigenvalue weighted by Gasteiger charge is 2.00. The number of aliphatic imine (C=N–C) groups is 1. The normalized spacial score (nSPS) is 9.94. The van der Waals surface area contributed by atoms with Gasteiger partial charge in [0.2, 0.25) is 0 Å². The second-order valence-corrected chi connectivity index (χ2v) is 3.88. The van der Waals surface area contributed by atoms with Gasteiger partial charge in [0.05, 0.1) is 0 Å². The van der Waals surface area contributed by atoms with Gasteiger partial charge >= 0.3 is 0 Å². The number of benzene rings is 1. The first-order chi connectivity index (χ1) is 8.15. The third-order valence-corrected chi connectivity index (χ3v) is 2.42. The molecular weight excluding hydrogens is 236 g/mol. The summed E-state index contributed by atoms with van der Waals surface area (Å²) in [5.41, 5.74) is 12.6. The predicted octanol–water partition coefficient (Wildman–Crippen LogP) is 2.31. The zero-order valence-electron chi connectivity index (χ0n) is 8.97. The summed E-state index contributed by atoms with van der Waals surface area (Å²) in [5.74, 6) is 0.475. The standard InChI is InChI=1S/C12H11ClN4/c13-10-3-1-8(2-4-10)9-5-6-16-11(7-9)17-12(14)15/h1-7H,(H4,14,15,16,17). The van der Waals surface area contributed by atoms with Crippen LogP contribution in [0.5, 0.6) is 0 Å². The van der Waals surface area contributed by atoms with Crippen molar-refractivity contribution < 1.29 is 0 Å². The maximum atomic E-state index is 5.83. The van der Waals surface area contributed by atoms with E-state index in [0.29, 0.717) is 10.8 Å². The van der Waals surface area contributed by atoms with Crippen LogP contribution in [0.3, 0.4) is 0 Å². The molecular formula is C12H11ClN4. The van der Waals surface area contributed by atoms with Gasteiger partial charge in [0.1, 0.15) is 0 Å². The zero-order valence-corrected chi connectivity index (χ0v) is 9.72. The van der Waals surface area contributed by atoms with Crippen molar-refractivity contribution in [3.8, 4) is 11.1 Å². The Bertz CT molecular complexity index is 545. The largest absolute Gasteiger partial charge is 0.370 e. The molecule has 5 heteroatoms. The van der Waals surface area contributed by atoms with Gasteiger partial charge in [-0.15, -0.1) is 0 Å². The van der Waals surface area contributed by atoms with E-state index in [4.69, 9.17) is 23.1 Å². The highest BCUT2D eigenvalue weighted by Crippen LogP contribution is 2.23. The molecule has 0 aliphatic carbocycles. The molecule has 1 heterocycles. The lowest BCUT2D eigenvalue weighted by atomic mass is 10.1. The molecule has 0 radical (unpaired) electrons. The molecule has 0 aliphatic heterocycles. The minimum absolute atomic E-state index is 0.00856. The molecule has 2 rings (SSSR count). The van der Waals surface area contributed by atoms with Crippen molar-refractivity contribution in [2.75, 3.05) is 0 Å². The van der Waals surface area contributed by atoms with Crippen molar-refractivity contribution in [3.63, 3.8) is 0 Å². The highest BCUT2D eigenvalue weighted by atomic mass is 35.5. The summed E-state index contributed by atoms with van der Waals surface area (Å²) >= 11 is 5.83. The van der Waals surface area contributed by atoms with Crippen LogP contribution in [-0.4, -0.2) is 10.9 Å². The van der Waals surface area contributed by atoms with Crippen LogP contribution >= 0.6 is 11.6 Å². The van der Waals surface area contributed by atoms with E-state index in [-0.39, 0.29) is 5.96 Å². The maximum Gasteiger partial charge on any atom is 0.192 e.